The zero-order valence-corrected chi connectivity index (χ0v) is 9.44. The van der Waals surface area contributed by atoms with E-state index >= 15 is 0 Å². The van der Waals surface area contributed by atoms with Gasteiger partial charge in [0.05, 0.1) is 6.61 Å². The van der Waals surface area contributed by atoms with E-state index in [0.717, 1.165) is 0 Å². The highest BCUT2D eigenvalue weighted by molar-refractivity contribution is 5.85. The molecule has 0 heterocycles. The Morgan fingerprint density at radius 2 is 1.75 bits per heavy atom. The summed E-state index contributed by atoms with van der Waals surface area (Å²) in [7, 11) is 0. The van der Waals surface area contributed by atoms with Crippen molar-refractivity contribution in [3.05, 3.63) is 29.8 Å². The molecule has 6 heteroatoms. The third kappa shape index (κ3) is 3.90. The third-order valence-electron chi connectivity index (χ3n) is 1.90. The van der Waals surface area contributed by atoms with Gasteiger partial charge in [-0.25, -0.2) is 0 Å². The van der Waals surface area contributed by atoms with Crippen molar-refractivity contribution in [1.29, 1.82) is 0 Å². The molecule has 1 rings (SSSR count). The number of hydrogen-bond donors (Lipinski definition) is 1. The van der Waals surface area contributed by atoms with Crippen molar-refractivity contribution >= 4 is 12.4 Å². The number of nitrogens with two attached hydrogens (primary N) is 1. The van der Waals surface area contributed by atoms with Gasteiger partial charge >= 0.3 is 6.18 Å². The van der Waals surface area contributed by atoms with Crippen molar-refractivity contribution in [2.24, 2.45) is 5.73 Å². The van der Waals surface area contributed by atoms with Gasteiger partial charge in [-0.05, 0) is 24.6 Å². The van der Waals surface area contributed by atoms with Crippen LogP contribution in [0.15, 0.2) is 24.3 Å². The van der Waals surface area contributed by atoms with Gasteiger partial charge in [-0.3, -0.25) is 0 Å². The fourth-order valence-corrected chi connectivity index (χ4v) is 1.13. The molecule has 0 bridgehead atoms. The van der Waals surface area contributed by atoms with E-state index in [1.54, 1.807) is 6.92 Å². The van der Waals surface area contributed by atoms with Gasteiger partial charge in [0.25, 0.3) is 0 Å². The predicted octanol–water partition coefficient (Wildman–Crippen LogP) is 3.07. The molecule has 1 aromatic rings. The lowest BCUT2D eigenvalue weighted by molar-refractivity contribution is -0.149. The molecule has 16 heavy (non-hydrogen) atoms. The normalized spacial score (nSPS) is 12.8. The molecule has 2 N–H and O–H groups in total. The molecule has 0 aromatic heterocycles. The van der Waals surface area contributed by atoms with Crippen LogP contribution in [0.3, 0.4) is 0 Å². The standard InChI is InChI=1S/C10H12F3NO.ClH/c1-2-15-8-5-3-7(4-6-8)9(14)10(11,12)13;/h3-6,9H,2,14H2,1H3;1H/t9-;/m1./s1. The Bertz CT molecular complexity index is 313. The Morgan fingerprint density at radius 3 is 2.12 bits per heavy atom. The molecular weight excluding hydrogens is 243 g/mol. The quantitative estimate of drug-likeness (QED) is 0.901. The summed E-state index contributed by atoms with van der Waals surface area (Å²) in [5.41, 5.74) is 5.06. The van der Waals surface area contributed by atoms with Crippen LogP contribution < -0.4 is 10.5 Å². The lowest BCUT2D eigenvalue weighted by Gasteiger charge is -2.16. The maximum absolute atomic E-state index is 12.2. The second-order valence-corrected chi connectivity index (χ2v) is 3.02. The molecule has 0 aliphatic rings. The van der Waals surface area contributed by atoms with E-state index in [0.29, 0.717) is 12.4 Å². The zero-order valence-electron chi connectivity index (χ0n) is 8.62. The van der Waals surface area contributed by atoms with Crippen LogP contribution in [0.2, 0.25) is 0 Å². The van der Waals surface area contributed by atoms with Crippen LogP contribution in [-0.2, 0) is 0 Å². The first-order valence-electron chi connectivity index (χ1n) is 4.50. The van der Waals surface area contributed by atoms with Gasteiger partial charge in [-0.1, -0.05) is 12.1 Å². The molecule has 0 amide bonds. The topological polar surface area (TPSA) is 35.2 Å². The van der Waals surface area contributed by atoms with Crippen LogP contribution in [0.1, 0.15) is 18.5 Å². The molecular formula is C10H13ClF3NO. The monoisotopic (exact) mass is 255 g/mol. The minimum atomic E-state index is -4.41. The largest absolute Gasteiger partial charge is 0.494 e. The molecule has 2 nitrogen and oxygen atoms in total. The number of alkyl halides is 3. The fourth-order valence-electron chi connectivity index (χ4n) is 1.13. The minimum Gasteiger partial charge on any atom is -0.494 e. The summed E-state index contributed by atoms with van der Waals surface area (Å²) >= 11 is 0. The molecule has 0 fully saturated rings. The van der Waals surface area contributed by atoms with Gasteiger partial charge in [-0.2, -0.15) is 13.2 Å². The van der Waals surface area contributed by atoms with Crippen LogP contribution in [0.5, 0.6) is 5.75 Å². The number of rotatable bonds is 3. The van der Waals surface area contributed by atoms with Crippen LogP contribution in [-0.4, -0.2) is 12.8 Å². The Labute approximate surface area is 98.0 Å². The summed E-state index contributed by atoms with van der Waals surface area (Å²) in [6.45, 7) is 2.28. The average molecular weight is 256 g/mol. The van der Waals surface area contributed by atoms with Crippen LogP contribution in [0, 0.1) is 0 Å². The SMILES string of the molecule is CCOc1ccc([C@@H](N)C(F)(F)F)cc1.Cl. The number of hydrogen-bond acceptors (Lipinski definition) is 2. The summed E-state index contributed by atoms with van der Waals surface area (Å²) in [6, 6.07) is 3.66. The van der Waals surface area contributed by atoms with E-state index in [9.17, 15) is 13.2 Å². The van der Waals surface area contributed by atoms with Crippen molar-refractivity contribution in [2.45, 2.75) is 19.1 Å². The number of benzene rings is 1. The highest BCUT2D eigenvalue weighted by Gasteiger charge is 2.37. The lowest BCUT2D eigenvalue weighted by Crippen LogP contribution is -2.28. The maximum atomic E-state index is 12.2. The highest BCUT2D eigenvalue weighted by Crippen LogP contribution is 2.30. The van der Waals surface area contributed by atoms with Crippen molar-refractivity contribution in [2.75, 3.05) is 6.61 Å². The van der Waals surface area contributed by atoms with Crippen molar-refractivity contribution < 1.29 is 17.9 Å². The van der Waals surface area contributed by atoms with E-state index in [2.05, 4.69) is 0 Å². The van der Waals surface area contributed by atoms with Crippen LogP contribution in [0.25, 0.3) is 0 Å². The molecule has 0 aliphatic carbocycles. The smallest absolute Gasteiger partial charge is 0.407 e. The molecule has 1 aromatic carbocycles. The third-order valence-corrected chi connectivity index (χ3v) is 1.90. The van der Waals surface area contributed by atoms with Gasteiger partial charge in [0.2, 0.25) is 0 Å². The van der Waals surface area contributed by atoms with Gasteiger partial charge in [0.1, 0.15) is 11.8 Å². The predicted molar refractivity (Wildman–Crippen MR) is 57.8 cm³/mol. The summed E-state index contributed by atoms with van der Waals surface area (Å²) in [5, 5.41) is 0. The van der Waals surface area contributed by atoms with Gasteiger partial charge in [-0.15, -0.1) is 12.4 Å². The first kappa shape index (κ1) is 15.1. The molecule has 0 aliphatic heterocycles. The Balaban J connectivity index is 0.00000225. The second-order valence-electron chi connectivity index (χ2n) is 3.02. The van der Waals surface area contributed by atoms with Gasteiger partial charge in [0.15, 0.2) is 0 Å². The van der Waals surface area contributed by atoms with E-state index in [4.69, 9.17) is 10.5 Å². The Kier molecular flexibility index (Phi) is 5.61. The summed E-state index contributed by atoms with van der Waals surface area (Å²) in [5.74, 6) is 0.538. The maximum Gasteiger partial charge on any atom is 0.407 e. The van der Waals surface area contributed by atoms with Gasteiger partial charge in [0, 0.05) is 0 Å². The van der Waals surface area contributed by atoms with Crippen molar-refractivity contribution in [3.8, 4) is 5.75 Å². The van der Waals surface area contributed by atoms with E-state index in [1.807, 2.05) is 0 Å². The first-order valence-corrected chi connectivity index (χ1v) is 4.50. The average Bonchev–Trinajstić information content (AvgIpc) is 2.17. The zero-order chi connectivity index (χ0) is 11.5. The number of ether oxygens (including phenoxy) is 1. The van der Waals surface area contributed by atoms with E-state index in [1.165, 1.54) is 24.3 Å². The molecule has 1 atom stereocenters. The number of halogens is 4. The van der Waals surface area contributed by atoms with Crippen molar-refractivity contribution in [3.63, 3.8) is 0 Å². The molecule has 0 saturated heterocycles. The molecule has 0 unspecified atom stereocenters. The fraction of sp³-hybridized carbons (Fsp3) is 0.400. The Morgan fingerprint density at radius 1 is 1.25 bits per heavy atom. The van der Waals surface area contributed by atoms with Gasteiger partial charge < -0.3 is 10.5 Å². The summed E-state index contributed by atoms with van der Waals surface area (Å²) < 4.78 is 41.8. The molecule has 0 radical (unpaired) electrons. The van der Waals surface area contributed by atoms with E-state index in [-0.39, 0.29) is 18.0 Å². The highest BCUT2D eigenvalue weighted by atomic mass is 35.5. The molecule has 0 spiro atoms. The van der Waals surface area contributed by atoms with Crippen molar-refractivity contribution in [1.82, 2.24) is 0 Å². The molecule has 92 valence electrons. The summed E-state index contributed by atoms with van der Waals surface area (Å²) in [6.07, 6.45) is -4.41. The second kappa shape index (κ2) is 5.96. The lowest BCUT2D eigenvalue weighted by atomic mass is 10.1. The van der Waals surface area contributed by atoms with E-state index < -0.39 is 12.2 Å². The van der Waals surface area contributed by atoms with Crippen LogP contribution >= 0.6 is 12.4 Å². The summed E-state index contributed by atoms with van der Waals surface area (Å²) in [4.78, 5) is 0. The molecule has 0 saturated carbocycles. The first-order chi connectivity index (χ1) is 6.95. The Hall–Kier alpha value is -0.940. The minimum absolute atomic E-state index is 0. The van der Waals surface area contributed by atoms with Crippen LogP contribution in [0.4, 0.5) is 13.2 Å².